The normalized spacial score (nSPS) is 11.5. The van der Waals surface area contributed by atoms with Crippen LogP contribution in [0.2, 0.25) is 0 Å². The Balaban J connectivity index is 2.11. The van der Waals surface area contributed by atoms with E-state index in [9.17, 15) is 0 Å². The van der Waals surface area contributed by atoms with Crippen molar-refractivity contribution in [1.29, 1.82) is 0 Å². The smallest absolute Gasteiger partial charge is 0.0948 e. The lowest BCUT2D eigenvalue weighted by Gasteiger charge is -2.09. The fourth-order valence-electron chi connectivity index (χ4n) is 2.55. The summed E-state index contributed by atoms with van der Waals surface area (Å²) in [7, 11) is 0. The van der Waals surface area contributed by atoms with Crippen LogP contribution in [-0.4, -0.2) is 25.9 Å². The van der Waals surface area contributed by atoms with Crippen molar-refractivity contribution in [2.75, 3.05) is 6.54 Å². The molecule has 0 amide bonds. The maximum Gasteiger partial charge on any atom is 0.0948 e. The number of hydrogen-bond donors (Lipinski definition) is 1. The first kappa shape index (κ1) is 15.8. The van der Waals surface area contributed by atoms with E-state index >= 15 is 0 Å². The molecule has 2 aromatic rings. The molecular weight excluding hydrogens is 262 g/mol. The Morgan fingerprint density at radius 2 is 2.05 bits per heavy atom. The second kappa shape index (κ2) is 6.89. The van der Waals surface area contributed by atoms with Gasteiger partial charge in [0.15, 0.2) is 0 Å². The van der Waals surface area contributed by atoms with Crippen LogP contribution in [0.4, 0.5) is 0 Å². The highest BCUT2D eigenvalue weighted by atomic mass is 15.3. The highest BCUT2D eigenvalue weighted by Crippen LogP contribution is 2.14. The van der Waals surface area contributed by atoms with Crippen LogP contribution >= 0.6 is 0 Å². The predicted molar refractivity (Wildman–Crippen MR) is 85.2 cm³/mol. The van der Waals surface area contributed by atoms with Crippen LogP contribution in [0.25, 0.3) is 0 Å². The SMILES string of the molecule is CCn1cncc1Cn1nc(C)c(CNCC(C)C)c1C. The number of nitrogens with one attached hydrogen (secondary N) is 1. The molecular formula is C16H27N5. The molecule has 0 radical (unpaired) electrons. The van der Waals surface area contributed by atoms with E-state index < -0.39 is 0 Å². The Labute approximate surface area is 127 Å². The molecule has 0 spiro atoms. The first-order valence-electron chi connectivity index (χ1n) is 7.75. The summed E-state index contributed by atoms with van der Waals surface area (Å²) in [6, 6.07) is 0. The van der Waals surface area contributed by atoms with Gasteiger partial charge in [-0.2, -0.15) is 5.10 Å². The molecule has 2 heterocycles. The molecule has 1 N–H and O–H groups in total. The zero-order chi connectivity index (χ0) is 15.4. The van der Waals surface area contributed by atoms with Gasteiger partial charge in [0, 0.05) is 24.3 Å². The van der Waals surface area contributed by atoms with E-state index in [2.05, 4.69) is 54.2 Å². The Hall–Kier alpha value is -1.62. The van der Waals surface area contributed by atoms with Gasteiger partial charge >= 0.3 is 0 Å². The molecule has 2 aromatic heterocycles. The molecule has 0 saturated heterocycles. The molecule has 0 fully saturated rings. The minimum absolute atomic E-state index is 0.666. The van der Waals surface area contributed by atoms with E-state index in [1.165, 1.54) is 17.0 Å². The molecule has 21 heavy (non-hydrogen) atoms. The van der Waals surface area contributed by atoms with Crippen molar-refractivity contribution in [3.63, 3.8) is 0 Å². The molecule has 0 bridgehead atoms. The fourth-order valence-corrected chi connectivity index (χ4v) is 2.55. The second-order valence-electron chi connectivity index (χ2n) is 6.00. The topological polar surface area (TPSA) is 47.7 Å². The van der Waals surface area contributed by atoms with Gasteiger partial charge in [-0.05, 0) is 33.2 Å². The zero-order valence-electron chi connectivity index (χ0n) is 13.8. The van der Waals surface area contributed by atoms with Gasteiger partial charge < -0.3 is 9.88 Å². The Kier molecular flexibility index (Phi) is 5.17. The third-order valence-corrected chi connectivity index (χ3v) is 3.84. The van der Waals surface area contributed by atoms with Crippen molar-refractivity contribution in [2.24, 2.45) is 5.92 Å². The Morgan fingerprint density at radius 1 is 1.29 bits per heavy atom. The molecule has 0 aliphatic rings. The Morgan fingerprint density at radius 3 is 2.71 bits per heavy atom. The third kappa shape index (κ3) is 3.73. The number of rotatable bonds is 7. The molecule has 5 heteroatoms. The van der Waals surface area contributed by atoms with E-state index in [-0.39, 0.29) is 0 Å². The van der Waals surface area contributed by atoms with Crippen LogP contribution in [0, 0.1) is 19.8 Å². The monoisotopic (exact) mass is 289 g/mol. The Bertz CT molecular complexity index is 580. The highest BCUT2D eigenvalue weighted by Gasteiger charge is 2.12. The van der Waals surface area contributed by atoms with Crippen molar-refractivity contribution < 1.29 is 0 Å². The van der Waals surface area contributed by atoms with Gasteiger partial charge in [0.05, 0.1) is 30.5 Å². The lowest BCUT2D eigenvalue weighted by molar-refractivity contribution is 0.550. The first-order valence-corrected chi connectivity index (χ1v) is 7.75. The van der Waals surface area contributed by atoms with E-state index in [1.807, 2.05) is 12.5 Å². The second-order valence-corrected chi connectivity index (χ2v) is 6.00. The van der Waals surface area contributed by atoms with Crippen LogP contribution in [0.15, 0.2) is 12.5 Å². The van der Waals surface area contributed by atoms with Crippen LogP contribution in [0.5, 0.6) is 0 Å². The van der Waals surface area contributed by atoms with E-state index in [0.717, 1.165) is 31.9 Å². The lowest BCUT2D eigenvalue weighted by Crippen LogP contribution is -2.19. The largest absolute Gasteiger partial charge is 0.333 e. The van der Waals surface area contributed by atoms with E-state index in [4.69, 9.17) is 5.10 Å². The number of imidazole rings is 1. The molecule has 0 aliphatic heterocycles. The summed E-state index contributed by atoms with van der Waals surface area (Å²) in [5.41, 5.74) is 4.88. The van der Waals surface area contributed by atoms with Crippen LogP contribution in [0.1, 0.15) is 43.4 Å². The molecule has 0 saturated carbocycles. The van der Waals surface area contributed by atoms with Gasteiger partial charge in [-0.3, -0.25) is 4.68 Å². The summed E-state index contributed by atoms with van der Waals surface area (Å²) >= 11 is 0. The summed E-state index contributed by atoms with van der Waals surface area (Å²) in [6.07, 6.45) is 3.81. The molecule has 0 unspecified atom stereocenters. The number of aromatic nitrogens is 4. The minimum atomic E-state index is 0.666. The van der Waals surface area contributed by atoms with Crippen molar-refractivity contribution in [2.45, 2.75) is 54.3 Å². The third-order valence-electron chi connectivity index (χ3n) is 3.84. The summed E-state index contributed by atoms with van der Waals surface area (Å²) < 4.78 is 4.25. The van der Waals surface area contributed by atoms with Gasteiger partial charge in [0.2, 0.25) is 0 Å². The average Bonchev–Trinajstić information content (AvgIpc) is 2.98. The quantitative estimate of drug-likeness (QED) is 0.852. The predicted octanol–water partition coefficient (Wildman–Crippen LogP) is 2.51. The van der Waals surface area contributed by atoms with Crippen molar-refractivity contribution in [3.05, 3.63) is 35.2 Å². The summed E-state index contributed by atoms with van der Waals surface area (Å²) in [5, 5.41) is 8.20. The van der Waals surface area contributed by atoms with Crippen LogP contribution < -0.4 is 5.32 Å². The average molecular weight is 289 g/mol. The summed E-state index contributed by atoms with van der Waals surface area (Å²) in [5.74, 6) is 0.666. The van der Waals surface area contributed by atoms with Crippen molar-refractivity contribution in [1.82, 2.24) is 24.6 Å². The molecule has 0 aliphatic carbocycles. The van der Waals surface area contributed by atoms with Gasteiger partial charge in [-0.1, -0.05) is 13.8 Å². The fraction of sp³-hybridized carbons (Fsp3) is 0.625. The van der Waals surface area contributed by atoms with E-state index in [1.54, 1.807) is 0 Å². The molecule has 116 valence electrons. The van der Waals surface area contributed by atoms with E-state index in [0.29, 0.717) is 5.92 Å². The number of nitrogens with zero attached hydrogens (tertiary/aromatic N) is 4. The summed E-state index contributed by atoms with van der Waals surface area (Å²) in [4.78, 5) is 4.23. The molecule has 0 atom stereocenters. The van der Waals surface area contributed by atoms with Gasteiger partial charge in [-0.25, -0.2) is 4.98 Å². The number of hydrogen-bond acceptors (Lipinski definition) is 3. The maximum atomic E-state index is 4.69. The van der Waals surface area contributed by atoms with Gasteiger partial charge in [0.1, 0.15) is 0 Å². The molecule has 0 aromatic carbocycles. The standard InChI is InChI=1S/C16H27N5/c1-6-20-11-18-8-15(20)10-21-14(5)16(13(4)19-21)9-17-7-12(2)3/h8,11-12,17H,6-7,9-10H2,1-5H3. The molecule has 5 nitrogen and oxygen atoms in total. The summed E-state index contributed by atoms with van der Waals surface area (Å²) in [6.45, 7) is 14.5. The lowest BCUT2D eigenvalue weighted by atomic mass is 10.2. The molecule has 2 rings (SSSR count). The minimum Gasteiger partial charge on any atom is -0.333 e. The first-order chi connectivity index (χ1) is 10.0. The maximum absolute atomic E-state index is 4.69. The zero-order valence-corrected chi connectivity index (χ0v) is 13.8. The van der Waals surface area contributed by atoms with Gasteiger partial charge in [0.25, 0.3) is 0 Å². The van der Waals surface area contributed by atoms with Crippen molar-refractivity contribution in [3.8, 4) is 0 Å². The van der Waals surface area contributed by atoms with Crippen molar-refractivity contribution >= 4 is 0 Å². The van der Waals surface area contributed by atoms with Crippen LogP contribution in [-0.2, 0) is 19.6 Å². The van der Waals surface area contributed by atoms with Crippen LogP contribution in [0.3, 0.4) is 0 Å². The number of aryl methyl sites for hydroxylation is 2. The van der Waals surface area contributed by atoms with Gasteiger partial charge in [-0.15, -0.1) is 0 Å². The highest BCUT2D eigenvalue weighted by molar-refractivity contribution is 5.25.